The van der Waals surface area contributed by atoms with Crippen molar-refractivity contribution in [3.8, 4) is 0 Å². The van der Waals surface area contributed by atoms with Gasteiger partial charge >= 0.3 is 5.97 Å². The third-order valence-electron chi connectivity index (χ3n) is 3.50. The van der Waals surface area contributed by atoms with Gasteiger partial charge in [-0.05, 0) is 26.0 Å². The van der Waals surface area contributed by atoms with E-state index in [4.69, 9.17) is 4.74 Å². The van der Waals surface area contributed by atoms with Crippen LogP contribution in [-0.2, 0) is 14.6 Å². The first-order valence-electron chi connectivity index (χ1n) is 7.31. The average molecular weight is 346 g/mol. The van der Waals surface area contributed by atoms with Gasteiger partial charge in [-0.2, -0.15) is 0 Å². The first kappa shape index (κ1) is 17.9. The molecule has 2 rings (SSSR count). The first-order valence-corrected chi connectivity index (χ1v) is 9.20. The fourth-order valence-electron chi connectivity index (χ4n) is 2.19. The molecule has 0 aliphatic rings. The molecule has 0 radical (unpaired) electrons. The summed E-state index contributed by atoms with van der Waals surface area (Å²) < 4.78 is 28.7. The number of ketones is 1. The number of hydrogen-bond acceptors (Lipinski definition) is 5. The van der Waals surface area contributed by atoms with E-state index in [9.17, 15) is 18.0 Å². The van der Waals surface area contributed by atoms with Crippen molar-refractivity contribution < 1.29 is 22.7 Å². The highest BCUT2D eigenvalue weighted by Crippen LogP contribution is 2.18. The van der Waals surface area contributed by atoms with Gasteiger partial charge in [0, 0.05) is 11.8 Å². The van der Waals surface area contributed by atoms with Crippen LogP contribution in [0.3, 0.4) is 0 Å². The van der Waals surface area contributed by atoms with Gasteiger partial charge in [0.25, 0.3) is 0 Å². The number of benzene rings is 2. The maximum Gasteiger partial charge on any atom is 0.340 e. The van der Waals surface area contributed by atoms with E-state index in [1.165, 1.54) is 31.2 Å². The summed E-state index contributed by atoms with van der Waals surface area (Å²) in [7, 11) is -3.58. The van der Waals surface area contributed by atoms with Gasteiger partial charge < -0.3 is 4.74 Å². The number of ether oxygens (including phenoxy) is 1. The molecule has 2 aromatic rings. The fourth-order valence-corrected chi connectivity index (χ4v) is 3.07. The number of Topliss-reactive ketones (excluding diaryl/α,β-unsaturated/α-hetero) is 1. The summed E-state index contributed by atoms with van der Waals surface area (Å²) in [6.45, 7) is 3.36. The van der Waals surface area contributed by atoms with Crippen LogP contribution in [0.15, 0.2) is 53.4 Å². The Hall–Kier alpha value is -2.47. The van der Waals surface area contributed by atoms with Crippen molar-refractivity contribution in [1.29, 1.82) is 0 Å². The minimum absolute atomic E-state index is 0.0800. The summed E-state index contributed by atoms with van der Waals surface area (Å²) >= 11 is 0. The summed E-state index contributed by atoms with van der Waals surface area (Å²) in [6.07, 6.45) is -0.00665. The Morgan fingerprint density at radius 1 is 1.00 bits per heavy atom. The Labute approximate surface area is 141 Å². The molecule has 0 spiro atoms. The number of sulfone groups is 1. The maximum atomic E-state index is 12.3. The highest BCUT2D eigenvalue weighted by Gasteiger charge is 2.24. The van der Waals surface area contributed by atoms with E-state index in [0.717, 1.165) is 11.8 Å². The number of carbonyl (C=O) groups is 2. The number of hydrogen-bond donors (Lipinski definition) is 0. The van der Waals surface area contributed by atoms with E-state index in [1.54, 1.807) is 24.3 Å². The van der Waals surface area contributed by atoms with Crippen LogP contribution in [-0.4, -0.2) is 32.5 Å². The fraction of sp³-hybridized carbons (Fsp3) is 0.222. The molecular weight excluding hydrogens is 328 g/mol. The minimum Gasteiger partial charge on any atom is -0.451 e. The lowest BCUT2D eigenvalue weighted by Gasteiger charge is -2.14. The molecule has 2 aromatic carbocycles. The van der Waals surface area contributed by atoms with Gasteiger partial charge in [0.15, 0.2) is 15.9 Å². The van der Waals surface area contributed by atoms with Gasteiger partial charge in [0.1, 0.15) is 0 Å². The lowest BCUT2D eigenvalue weighted by atomic mass is 10.1. The van der Waals surface area contributed by atoms with Crippen molar-refractivity contribution in [2.75, 3.05) is 6.26 Å². The maximum absolute atomic E-state index is 12.3. The van der Waals surface area contributed by atoms with Crippen molar-refractivity contribution in [1.82, 2.24) is 0 Å². The Balaban J connectivity index is 2.21. The van der Waals surface area contributed by atoms with E-state index in [1.807, 2.05) is 6.92 Å². The van der Waals surface area contributed by atoms with Gasteiger partial charge in [-0.25, -0.2) is 13.2 Å². The van der Waals surface area contributed by atoms with Crippen LogP contribution in [0.5, 0.6) is 0 Å². The van der Waals surface area contributed by atoms with Gasteiger partial charge in [0.05, 0.1) is 10.5 Å². The molecule has 0 aliphatic carbocycles. The zero-order valence-corrected chi connectivity index (χ0v) is 14.5. The van der Waals surface area contributed by atoms with Crippen molar-refractivity contribution >= 4 is 21.6 Å². The Kier molecular flexibility index (Phi) is 5.19. The molecule has 0 bridgehead atoms. The second kappa shape index (κ2) is 6.97. The molecule has 24 heavy (non-hydrogen) atoms. The molecule has 0 N–H and O–H groups in total. The number of rotatable bonds is 5. The highest BCUT2D eigenvalue weighted by molar-refractivity contribution is 7.90. The van der Waals surface area contributed by atoms with E-state index < -0.39 is 21.9 Å². The Morgan fingerprint density at radius 2 is 1.58 bits per heavy atom. The molecule has 1 unspecified atom stereocenters. The molecule has 6 heteroatoms. The van der Waals surface area contributed by atoms with Crippen LogP contribution in [0.25, 0.3) is 0 Å². The lowest BCUT2D eigenvalue weighted by Crippen LogP contribution is -2.25. The molecule has 0 fully saturated rings. The highest BCUT2D eigenvalue weighted by atomic mass is 32.2. The van der Waals surface area contributed by atoms with E-state index in [2.05, 4.69) is 0 Å². The number of aryl methyl sites for hydroxylation is 1. The molecular formula is C18H18O5S. The normalized spacial score (nSPS) is 12.5. The van der Waals surface area contributed by atoms with Crippen molar-refractivity contribution in [2.24, 2.45) is 0 Å². The summed E-state index contributed by atoms with van der Waals surface area (Å²) in [5.74, 6) is -1.19. The summed E-state index contributed by atoms with van der Waals surface area (Å²) in [5.41, 5.74) is 1.36. The first-order chi connectivity index (χ1) is 11.2. The third-order valence-corrected chi connectivity index (χ3v) is 4.65. The predicted molar refractivity (Wildman–Crippen MR) is 89.9 cm³/mol. The second-order valence-electron chi connectivity index (χ2n) is 5.55. The summed E-state index contributed by atoms with van der Waals surface area (Å²) in [5, 5.41) is 0. The Morgan fingerprint density at radius 3 is 2.17 bits per heavy atom. The van der Waals surface area contributed by atoms with E-state index in [-0.39, 0.29) is 16.2 Å². The second-order valence-corrected chi connectivity index (χ2v) is 7.53. The van der Waals surface area contributed by atoms with Crippen LogP contribution in [0, 0.1) is 6.92 Å². The molecule has 1 atom stereocenters. The van der Waals surface area contributed by atoms with Crippen LogP contribution >= 0.6 is 0 Å². The van der Waals surface area contributed by atoms with Crippen LogP contribution in [0.2, 0.25) is 0 Å². The minimum atomic E-state index is -3.58. The molecule has 0 saturated heterocycles. The van der Waals surface area contributed by atoms with E-state index in [0.29, 0.717) is 5.56 Å². The third kappa shape index (κ3) is 4.08. The van der Waals surface area contributed by atoms with Crippen LogP contribution in [0.1, 0.15) is 33.2 Å². The zero-order chi connectivity index (χ0) is 17.9. The average Bonchev–Trinajstić information content (AvgIpc) is 2.54. The zero-order valence-electron chi connectivity index (χ0n) is 13.6. The van der Waals surface area contributed by atoms with Gasteiger partial charge in [0.2, 0.25) is 5.78 Å². The molecule has 5 nitrogen and oxygen atoms in total. The predicted octanol–water partition coefficient (Wildman–Crippen LogP) is 2.83. The number of esters is 1. The number of carbonyl (C=O) groups excluding carboxylic acids is 2. The SMILES string of the molecule is Cc1ccc(C(=O)C(C)OC(=O)c2ccccc2S(C)(=O)=O)cc1. The van der Waals surface area contributed by atoms with Crippen molar-refractivity contribution in [2.45, 2.75) is 24.8 Å². The van der Waals surface area contributed by atoms with Crippen molar-refractivity contribution in [3.05, 3.63) is 65.2 Å². The summed E-state index contributed by atoms with van der Waals surface area (Å²) in [4.78, 5) is 24.5. The molecule has 0 aromatic heterocycles. The summed E-state index contributed by atoms with van der Waals surface area (Å²) in [6, 6.07) is 12.7. The molecule has 0 heterocycles. The lowest BCUT2D eigenvalue weighted by molar-refractivity contribution is 0.0315. The van der Waals surface area contributed by atoms with Gasteiger partial charge in [-0.1, -0.05) is 42.0 Å². The van der Waals surface area contributed by atoms with Crippen LogP contribution < -0.4 is 0 Å². The van der Waals surface area contributed by atoms with E-state index >= 15 is 0 Å². The quantitative estimate of drug-likeness (QED) is 0.614. The van der Waals surface area contributed by atoms with Crippen molar-refractivity contribution in [3.63, 3.8) is 0 Å². The molecule has 0 amide bonds. The molecule has 0 saturated carbocycles. The van der Waals surface area contributed by atoms with Gasteiger partial charge in [-0.3, -0.25) is 4.79 Å². The largest absolute Gasteiger partial charge is 0.451 e. The topological polar surface area (TPSA) is 77.5 Å². The molecule has 0 aliphatic heterocycles. The monoisotopic (exact) mass is 346 g/mol. The van der Waals surface area contributed by atoms with Gasteiger partial charge in [-0.15, -0.1) is 0 Å². The standard InChI is InChI=1S/C18H18O5S/c1-12-8-10-14(11-9-12)17(19)13(2)23-18(20)15-6-4-5-7-16(15)24(3,21)22/h4-11,13H,1-3H3. The molecule has 126 valence electrons. The Bertz CT molecular complexity index is 867. The smallest absolute Gasteiger partial charge is 0.340 e. The van der Waals surface area contributed by atoms with Crippen LogP contribution in [0.4, 0.5) is 0 Å².